The van der Waals surface area contributed by atoms with E-state index in [4.69, 9.17) is 33.2 Å². The molecule has 0 atom stereocenters. The second-order valence-corrected chi connectivity index (χ2v) is 58.3. The van der Waals surface area contributed by atoms with Gasteiger partial charge >= 0.3 is 0 Å². The van der Waals surface area contributed by atoms with Crippen LogP contribution in [0, 0.1) is 28.6 Å². The lowest BCUT2D eigenvalue weighted by molar-refractivity contribution is -0.130. The Bertz CT molecular complexity index is 3100. The highest BCUT2D eigenvalue weighted by atomic mass is 32.2. The van der Waals surface area contributed by atoms with E-state index in [0.717, 1.165) is 167 Å². The van der Waals surface area contributed by atoms with E-state index in [9.17, 15) is 13.2 Å². The molecular formula is C119H252N16O10S. The summed E-state index contributed by atoms with van der Waals surface area (Å²) in [6.45, 7) is 115. The number of sulfonamides is 1. The van der Waals surface area contributed by atoms with Crippen LogP contribution >= 0.6 is 0 Å². The molecule has 0 radical (unpaired) electrons. The van der Waals surface area contributed by atoms with Gasteiger partial charge in [-0.15, -0.1) is 0 Å². The lowest BCUT2D eigenvalue weighted by Gasteiger charge is -2.35. The van der Waals surface area contributed by atoms with Crippen LogP contribution in [-0.2, 0) is 48.0 Å². The van der Waals surface area contributed by atoms with Crippen LogP contribution in [0.3, 0.4) is 0 Å². The number of carbonyl (C=O) groups is 1. The number of likely N-dealkylation sites (tertiary alicyclic amines) is 6. The summed E-state index contributed by atoms with van der Waals surface area (Å²) in [4.78, 5) is 39.7. The smallest absolute Gasteiger partial charge is 0.219 e. The predicted octanol–water partition coefficient (Wildman–Crippen LogP) is 19.5. The Morgan fingerprint density at radius 3 is 0.822 bits per heavy atom. The van der Waals surface area contributed by atoms with Crippen molar-refractivity contribution >= 4 is 15.9 Å². The minimum absolute atomic E-state index is 0.00653. The van der Waals surface area contributed by atoms with Crippen molar-refractivity contribution in [3.8, 4) is 0 Å². The molecule has 1 saturated carbocycles. The van der Waals surface area contributed by atoms with Gasteiger partial charge in [0.25, 0.3) is 0 Å². The quantitative estimate of drug-likeness (QED) is 0.0780. The number of piperidine rings is 5. The number of amides is 1. The van der Waals surface area contributed by atoms with Crippen LogP contribution in [-0.4, -0.2) is 450 Å². The molecule has 0 spiro atoms. The molecule has 0 bridgehead atoms. The lowest BCUT2D eigenvalue weighted by atomic mass is 9.92. The SMILES string of the molecule is CC(=O)N1CCC(NC(C)(C)C)CC1.CC(C)(C)CCN1CCN(S(C)(=O)=O)CC1.CC(C)(C)NC1CCCCC1.CC(C)(C)OCCN1CCCC1.CC(C)(C)OCCN1CCOCC1.CN1CCC(CCOC(C)(C)C)CC1.CN1CCC(CCOC(C)(C)C)CC1.CN1CCC(COC(C)(C)C)CC1.CN1CCC(NC(C)(C)C)CC1.CN1CCN(CCC(C)(C)C)CC1.CN1CCN(CCOC(C)(C)C)CC1. The van der Waals surface area contributed by atoms with Gasteiger partial charge < -0.3 is 98.1 Å². The number of hydrogen-bond donors (Lipinski definition) is 3. The summed E-state index contributed by atoms with van der Waals surface area (Å²) in [5.41, 5.74) is 1.74. The van der Waals surface area contributed by atoms with Crippen molar-refractivity contribution in [2.75, 3.05) is 304 Å². The molecule has 10 heterocycles. The number of hydrogen-bond acceptors (Lipinski definition) is 24. The number of likely N-dealkylation sites (N-methyl/N-ethyl adjacent to an activating group) is 2. The van der Waals surface area contributed by atoms with Crippen molar-refractivity contribution in [3.63, 3.8) is 0 Å². The molecule has 0 aromatic carbocycles. The summed E-state index contributed by atoms with van der Waals surface area (Å²) in [6.07, 6.45) is 28.8. The normalized spacial score (nSPS) is 21.4. The first-order chi connectivity index (χ1) is 67.1. The summed E-state index contributed by atoms with van der Waals surface area (Å²) in [5, 5.41) is 10.9. The van der Waals surface area contributed by atoms with E-state index in [-0.39, 0.29) is 50.6 Å². The third kappa shape index (κ3) is 88.6. The fourth-order valence-corrected chi connectivity index (χ4v) is 19.5. The fraction of sp³-hybridized carbons (Fsp3) is 0.992. The van der Waals surface area contributed by atoms with Gasteiger partial charge in [0.2, 0.25) is 15.9 Å². The van der Waals surface area contributed by atoms with Crippen LogP contribution in [0.15, 0.2) is 0 Å². The first kappa shape index (κ1) is 143. The maximum atomic E-state index is 11.3. The predicted molar refractivity (Wildman–Crippen MR) is 627 cm³/mol. The second-order valence-electron chi connectivity index (χ2n) is 56.3. The van der Waals surface area contributed by atoms with E-state index >= 15 is 0 Å². The van der Waals surface area contributed by atoms with Gasteiger partial charge in [-0.1, -0.05) is 60.8 Å². The summed E-state index contributed by atoms with van der Waals surface area (Å²) < 4.78 is 63.7. The molecule has 27 heteroatoms. The number of carbonyl (C=O) groups excluding carboxylic acids is 1. The second kappa shape index (κ2) is 72.5. The van der Waals surface area contributed by atoms with Gasteiger partial charge in [0.1, 0.15) is 0 Å². The average molecular weight is 2100 g/mol. The fourth-order valence-electron chi connectivity index (χ4n) is 18.6. The van der Waals surface area contributed by atoms with E-state index in [2.05, 4.69) is 341 Å². The summed E-state index contributed by atoms with van der Waals surface area (Å²) in [7, 11) is 10.2. The zero-order valence-electron chi connectivity index (χ0n) is 105. The van der Waals surface area contributed by atoms with E-state index in [1.807, 2.05) is 4.90 Å². The number of nitrogens with one attached hydrogen (secondary N) is 3. The molecule has 26 nitrogen and oxygen atoms in total. The minimum Gasteiger partial charge on any atom is -0.379 e. The van der Waals surface area contributed by atoms with Gasteiger partial charge in [0.15, 0.2) is 0 Å². The van der Waals surface area contributed by atoms with E-state index in [1.54, 1.807) is 11.2 Å². The van der Waals surface area contributed by atoms with Crippen molar-refractivity contribution < 1.29 is 46.4 Å². The van der Waals surface area contributed by atoms with Gasteiger partial charge in [-0.3, -0.25) is 14.6 Å². The summed E-state index contributed by atoms with van der Waals surface area (Å²) in [6, 6.07) is 2.11. The van der Waals surface area contributed by atoms with Crippen molar-refractivity contribution in [2.45, 2.75) is 439 Å². The largest absolute Gasteiger partial charge is 0.379 e. The van der Waals surface area contributed by atoms with Crippen LogP contribution in [0.5, 0.6) is 0 Å². The van der Waals surface area contributed by atoms with Crippen molar-refractivity contribution in [2.24, 2.45) is 28.6 Å². The van der Waals surface area contributed by atoms with Gasteiger partial charge in [-0.05, 0) is 452 Å². The molecule has 1 amide bonds. The van der Waals surface area contributed by atoms with Crippen LogP contribution in [0.25, 0.3) is 0 Å². The molecular weight excluding hydrogens is 1850 g/mol. The molecule has 11 aliphatic rings. The number of rotatable bonds is 25. The molecule has 0 unspecified atom stereocenters. The number of piperazine rings is 3. The summed E-state index contributed by atoms with van der Waals surface area (Å²) >= 11 is 0. The number of nitrogens with zero attached hydrogens (tertiary/aromatic N) is 13. The standard InChI is InChI=1S/2C12H25NO.C11H24N2O2S.C11H24N2O.C11H22N2O.C11H24N2.C11H23NO.C10H22N2.C10H21NO2.C10H21NO.C10H21N/c2*1-12(2,3)14-10-7-11-5-8-13(4)9-6-11;1-11(2,3)5-6-12-7-9-13(10-8-12)16(4,14)15;1-11(2,3)14-10-9-13-7-5-12(4)6-8-13;1-9(14)13-7-5-10(6-8-13)12-11(2,3)4;1-11(2,3)5-6-13-9-7-12(4)8-10-13;1-11(2,3)13-9-10-5-7-12(4)8-6-10;1-10(2,3)11-9-5-7-12(4)8-6-9;1-10(2,3)13-9-6-11-4-7-12-8-5-11;1-10(2,3)12-9-8-11-6-4-5-7-11;1-10(2,3)11-9-7-5-4-6-8-9/h2*11H,5-10H2,1-4H3;5-10H2,1-4H3;5-10H2,1-4H3;10,12H,5-8H2,1-4H3;5-10H2,1-4H3;10H,5-9H2,1-4H3;9,11H,5-8H2,1-4H3;4-9H2,1-3H3;4-9H2,1-3H3;9,11H,4-8H2,1-3H3. The maximum absolute atomic E-state index is 11.3. The highest BCUT2D eigenvalue weighted by Crippen LogP contribution is 2.28. The van der Waals surface area contributed by atoms with Crippen molar-refractivity contribution in [1.82, 2.24) is 79.1 Å². The van der Waals surface area contributed by atoms with Crippen LogP contribution in [0.2, 0.25) is 0 Å². The van der Waals surface area contributed by atoms with E-state index in [1.165, 1.54) is 246 Å². The van der Waals surface area contributed by atoms with Crippen LogP contribution in [0.1, 0.15) is 370 Å². The minimum atomic E-state index is -2.99. The molecule has 874 valence electrons. The maximum Gasteiger partial charge on any atom is 0.219 e. The molecule has 11 rings (SSSR count). The Balaban J connectivity index is 0.000000804. The zero-order chi connectivity index (χ0) is 111. The van der Waals surface area contributed by atoms with Gasteiger partial charge in [0.05, 0.1) is 79.5 Å². The first-order valence-corrected chi connectivity index (χ1v) is 60.7. The summed E-state index contributed by atoms with van der Waals surface area (Å²) in [5.74, 6) is 2.79. The third-order valence-electron chi connectivity index (χ3n) is 28.0. The van der Waals surface area contributed by atoms with E-state index in [0.29, 0.717) is 35.5 Å². The van der Waals surface area contributed by atoms with Gasteiger partial charge in [0, 0.05) is 179 Å². The lowest BCUT2D eigenvalue weighted by Crippen LogP contribution is -2.50. The topological polar surface area (TPSA) is 194 Å². The molecule has 1 aliphatic carbocycles. The molecule has 0 aromatic rings. The molecule has 146 heavy (non-hydrogen) atoms. The Morgan fingerprint density at radius 1 is 0.281 bits per heavy atom. The Morgan fingerprint density at radius 2 is 0.534 bits per heavy atom. The highest BCUT2D eigenvalue weighted by Gasteiger charge is 2.31. The van der Waals surface area contributed by atoms with Crippen molar-refractivity contribution in [3.05, 3.63) is 0 Å². The van der Waals surface area contributed by atoms with Gasteiger partial charge in [-0.25, -0.2) is 8.42 Å². The Hall–Kier alpha value is -1.46. The van der Waals surface area contributed by atoms with Crippen molar-refractivity contribution in [1.29, 1.82) is 0 Å². The molecule has 3 N–H and O–H groups in total. The Labute approximate surface area is 907 Å². The monoisotopic (exact) mass is 2100 g/mol. The van der Waals surface area contributed by atoms with E-state index < -0.39 is 10.0 Å². The van der Waals surface area contributed by atoms with Gasteiger partial charge in [-0.2, -0.15) is 4.31 Å². The zero-order valence-corrected chi connectivity index (χ0v) is 106. The number of ether oxygens (including phenoxy) is 7. The average Bonchev–Trinajstić information content (AvgIpc) is 0.972. The molecule has 10 saturated heterocycles. The van der Waals surface area contributed by atoms with Crippen LogP contribution < -0.4 is 16.0 Å². The molecule has 11 fully saturated rings. The molecule has 0 aromatic heterocycles. The highest BCUT2D eigenvalue weighted by molar-refractivity contribution is 7.88. The Kier molecular flexibility index (Phi) is 70.8. The number of morpholine rings is 1. The molecule has 10 aliphatic heterocycles. The van der Waals surface area contributed by atoms with Crippen LogP contribution in [0.4, 0.5) is 0 Å². The first-order valence-electron chi connectivity index (χ1n) is 58.8. The third-order valence-corrected chi connectivity index (χ3v) is 29.3.